The lowest BCUT2D eigenvalue weighted by molar-refractivity contribution is 0.00973. The number of methoxy groups -OCH3 is 1. The zero-order valence-electron chi connectivity index (χ0n) is 11.0. The second-order valence-corrected chi connectivity index (χ2v) is 4.78. The molecule has 3 rings (SSSR count). The maximum Gasteiger partial charge on any atom is 0.261 e. The van der Waals surface area contributed by atoms with Crippen LogP contribution in [0.2, 0.25) is 0 Å². The topological polar surface area (TPSA) is 61.3 Å². The van der Waals surface area contributed by atoms with Crippen molar-refractivity contribution < 1.29 is 13.7 Å². The van der Waals surface area contributed by atoms with Crippen LogP contribution in [0.5, 0.6) is 0 Å². The van der Waals surface area contributed by atoms with E-state index < -0.39 is 5.60 Å². The average molecular weight is 258 g/mol. The first-order valence-corrected chi connectivity index (χ1v) is 5.98. The monoisotopic (exact) mass is 258 g/mol. The van der Waals surface area contributed by atoms with Gasteiger partial charge in [0.1, 0.15) is 17.4 Å². The van der Waals surface area contributed by atoms with E-state index in [0.29, 0.717) is 11.7 Å². The molecule has 0 N–H and O–H groups in total. The molecule has 0 spiro atoms. The van der Waals surface area contributed by atoms with Gasteiger partial charge in [-0.2, -0.15) is 4.98 Å². The zero-order valence-corrected chi connectivity index (χ0v) is 11.0. The van der Waals surface area contributed by atoms with Gasteiger partial charge in [0.25, 0.3) is 5.89 Å². The Labute approximate surface area is 110 Å². The highest BCUT2D eigenvalue weighted by Crippen LogP contribution is 2.31. The third kappa shape index (κ3) is 1.92. The molecule has 0 aliphatic carbocycles. The molecule has 2 aromatic heterocycles. The molecule has 0 saturated heterocycles. The fourth-order valence-corrected chi connectivity index (χ4v) is 1.81. The van der Waals surface area contributed by atoms with Crippen molar-refractivity contribution in [1.29, 1.82) is 0 Å². The SMILES string of the molecule is COC(C)(C)c1noc(-c2coc3ccccc23)n1. The Balaban J connectivity index is 2.08. The lowest BCUT2D eigenvalue weighted by Crippen LogP contribution is -2.21. The van der Waals surface area contributed by atoms with Gasteiger partial charge in [0, 0.05) is 12.5 Å². The molecule has 0 aliphatic heterocycles. The van der Waals surface area contributed by atoms with Crippen LogP contribution in [0.25, 0.3) is 22.4 Å². The van der Waals surface area contributed by atoms with Crippen LogP contribution in [0.4, 0.5) is 0 Å². The lowest BCUT2D eigenvalue weighted by Gasteiger charge is -2.17. The molecule has 19 heavy (non-hydrogen) atoms. The van der Waals surface area contributed by atoms with Gasteiger partial charge < -0.3 is 13.7 Å². The van der Waals surface area contributed by atoms with E-state index in [0.717, 1.165) is 16.5 Å². The number of hydrogen-bond acceptors (Lipinski definition) is 5. The van der Waals surface area contributed by atoms with Gasteiger partial charge in [-0.3, -0.25) is 0 Å². The first-order chi connectivity index (χ1) is 9.12. The molecule has 2 heterocycles. The summed E-state index contributed by atoms with van der Waals surface area (Å²) in [5, 5.41) is 4.92. The summed E-state index contributed by atoms with van der Waals surface area (Å²) in [5.74, 6) is 0.945. The van der Waals surface area contributed by atoms with E-state index >= 15 is 0 Å². The third-order valence-electron chi connectivity index (χ3n) is 3.19. The molecule has 5 heteroatoms. The van der Waals surface area contributed by atoms with Crippen molar-refractivity contribution in [3.63, 3.8) is 0 Å². The highest BCUT2D eigenvalue weighted by molar-refractivity contribution is 5.91. The molecule has 0 unspecified atom stereocenters. The highest BCUT2D eigenvalue weighted by atomic mass is 16.5. The van der Waals surface area contributed by atoms with Crippen molar-refractivity contribution in [2.45, 2.75) is 19.4 Å². The first-order valence-electron chi connectivity index (χ1n) is 5.98. The van der Waals surface area contributed by atoms with Gasteiger partial charge in [0.2, 0.25) is 5.82 Å². The van der Waals surface area contributed by atoms with E-state index in [1.54, 1.807) is 13.4 Å². The molecule has 0 saturated carbocycles. The number of para-hydroxylation sites is 1. The largest absolute Gasteiger partial charge is 0.463 e. The van der Waals surface area contributed by atoms with Gasteiger partial charge in [0.15, 0.2) is 0 Å². The van der Waals surface area contributed by atoms with Crippen molar-refractivity contribution >= 4 is 11.0 Å². The van der Waals surface area contributed by atoms with Crippen molar-refractivity contribution in [3.05, 3.63) is 36.4 Å². The Morgan fingerprint density at radius 2 is 2.00 bits per heavy atom. The molecule has 3 aromatic rings. The quantitative estimate of drug-likeness (QED) is 0.720. The molecule has 5 nitrogen and oxygen atoms in total. The molecule has 0 fully saturated rings. The number of ether oxygens (including phenoxy) is 1. The van der Waals surface area contributed by atoms with Gasteiger partial charge >= 0.3 is 0 Å². The first kappa shape index (κ1) is 11.9. The van der Waals surface area contributed by atoms with Gasteiger partial charge in [-0.25, -0.2) is 0 Å². The van der Waals surface area contributed by atoms with Crippen molar-refractivity contribution in [2.24, 2.45) is 0 Å². The van der Waals surface area contributed by atoms with E-state index in [4.69, 9.17) is 13.7 Å². The minimum Gasteiger partial charge on any atom is -0.463 e. The second kappa shape index (κ2) is 4.20. The fraction of sp³-hybridized carbons (Fsp3) is 0.286. The van der Waals surface area contributed by atoms with Gasteiger partial charge in [0.05, 0.1) is 5.56 Å². The second-order valence-electron chi connectivity index (χ2n) is 4.78. The average Bonchev–Trinajstić information content (AvgIpc) is 3.05. The maximum atomic E-state index is 5.47. The molecular weight excluding hydrogens is 244 g/mol. The zero-order chi connectivity index (χ0) is 13.5. The molecule has 0 radical (unpaired) electrons. The van der Waals surface area contributed by atoms with Crippen molar-refractivity contribution in [3.8, 4) is 11.5 Å². The number of rotatable bonds is 3. The Morgan fingerprint density at radius 3 is 2.79 bits per heavy atom. The van der Waals surface area contributed by atoms with Crippen LogP contribution in [-0.4, -0.2) is 17.3 Å². The summed E-state index contributed by atoms with van der Waals surface area (Å²) in [6.07, 6.45) is 1.63. The molecule has 0 aliphatic rings. The number of aromatic nitrogens is 2. The van der Waals surface area contributed by atoms with Crippen molar-refractivity contribution in [2.75, 3.05) is 7.11 Å². The highest BCUT2D eigenvalue weighted by Gasteiger charge is 2.27. The number of nitrogens with zero attached hydrogens (tertiary/aromatic N) is 2. The standard InChI is InChI=1S/C14H14N2O3/c1-14(2,17-3)13-15-12(19-16-13)10-8-18-11-7-5-4-6-9(10)11/h4-8H,1-3H3. The van der Waals surface area contributed by atoms with E-state index in [1.165, 1.54) is 0 Å². The fourth-order valence-electron chi connectivity index (χ4n) is 1.81. The van der Waals surface area contributed by atoms with Gasteiger partial charge in [-0.15, -0.1) is 0 Å². The van der Waals surface area contributed by atoms with E-state index in [1.807, 2.05) is 38.1 Å². The number of fused-ring (bicyclic) bond motifs is 1. The molecule has 0 bridgehead atoms. The van der Waals surface area contributed by atoms with Crippen molar-refractivity contribution in [1.82, 2.24) is 10.1 Å². The molecule has 0 atom stereocenters. The molecule has 98 valence electrons. The Hall–Kier alpha value is -2.14. The summed E-state index contributed by atoms with van der Waals surface area (Å²) in [6.45, 7) is 3.77. The van der Waals surface area contributed by atoms with Crippen LogP contribution in [0, 0.1) is 0 Å². The van der Waals surface area contributed by atoms with Crippen LogP contribution >= 0.6 is 0 Å². The summed E-state index contributed by atoms with van der Waals surface area (Å²) in [5.41, 5.74) is 1.01. The minimum atomic E-state index is -0.582. The van der Waals surface area contributed by atoms with Crippen LogP contribution in [-0.2, 0) is 10.3 Å². The van der Waals surface area contributed by atoms with E-state index in [9.17, 15) is 0 Å². The Bertz CT molecular complexity index is 712. The summed E-state index contributed by atoms with van der Waals surface area (Å²) >= 11 is 0. The molecular formula is C14H14N2O3. The molecule has 1 aromatic carbocycles. The molecule has 0 amide bonds. The Morgan fingerprint density at radius 1 is 1.21 bits per heavy atom. The smallest absolute Gasteiger partial charge is 0.261 e. The number of benzene rings is 1. The maximum absolute atomic E-state index is 5.47. The third-order valence-corrected chi connectivity index (χ3v) is 3.19. The Kier molecular flexibility index (Phi) is 2.64. The normalized spacial score (nSPS) is 12.2. The number of furan rings is 1. The minimum absolute atomic E-state index is 0.435. The van der Waals surface area contributed by atoms with E-state index in [-0.39, 0.29) is 0 Å². The lowest BCUT2D eigenvalue weighted by atomic mass is 10.1. The van der Waals surface area contributed by atoms with Crippen LogP contribution in [0.15, 0.2) is 39.5 Å². The van der Waals surface area contributed by atoms with Crippen LogP contribution in [0.3, 0.4) is 0 Å². The van der Waals surface area contributed by atoms with Gasteiger partial charge in [-0.1, -0.05) is 23.4 Å². The van der Waals surface area contributed by atoms with Crippen LogP contribution in [0.1, 0.15) is 19.7 Å². The van der Waals surface area contributed by atoms with Crippen LogP contribution < -0.4 is 0 Å². The summed E-state index contributed by atoms with van der Waals surface area (Å²) in [6, 6.07) is 7.72. The van der Waals surface area contributed by atoms with E-state index in [2.05, 4.69) is 10.1 Å². The predicted molar refractivity (Wildman–Crippen MR) is 69.5 cm³/mol. The summed E-state index contributed by atoms with van der Waals surface area (Å²) < 4.78 is 16.1. The number of hydrogen-bond donors (Lipinski definition) is 0. The predicted octanol–water partition coefficient (Wildman–Crippen LogP) is 3.36. The van der Waals surface area contributed by atoms with Gasteiger partial charge in [-0.05, 0) is 19.9 Å². The summed E-state index contributed by atoms with van der Waals surface area (Å²) in [7, 11) is 1.61. The summed E-state index contributed by atoms with van der Waals surface area (Å²) in [4.78, 5) is 4.38.